The summed E-state index contributed by atoms with van der Waals surface area (Å²) in [4.78, 5) is 36.7. The average Bonchev–Trinajstić information content (AvgIpc) is 3.74. The minimum atomic E-state index is -0.490. The molecule has 0 fully saturated rings. The van der Waals surface area contributed by atoms with Crippen molar-refractivity contribution in [2.24, 2.45) is 5.34 Å². The number of hydrogen-bond donors (Lipinski definition) is 1. The van der Waals surface area contributed by atoms with Crippen LogP contribution in [0, 0.1) is 4.91 Å². The number of rotatable bonds is 13. The molecule has 45 heavy (non-hydrogen) atoms. The van der Waals surface area contributed by atoms with Gasteiger partial charge in [0.1, 0.15) is 13.2 Å². The first-order valence-electron chi connectivity index (χ1n) is 14.0. The molecule has 6 aromatic rings. The van der Waals surface area contributed by atoms with E-state index in [4.69, 9.17) is 9.47 Å². The van der Waals surface area contributed by atoms with Gasteiger partial charge in [-0.15, -0.1) is 15.1 Å². The molecule has 0 radical (unpaired) electrons. The Hall–Kier alpha value is -5.95. The molecule has 0 aliphatic rings. The number of H-pyrrole nitrogens is 1. The standard InChI is InChI=1S/C32H27N7O6/c1-2-42-32-33-28-9-5-8-27(31(40)43-19-22-10-12-23(13-11-22)20-44-45-38-41)29(28)39(32)18-21-14-16-24(17-15-21)25-6-3-4-7-26(25)30-34-36-37-35-30/h3-17H,2,18-20H2,1H3,(H,34,35,36,37). The number of tetrazole rings is 1. The number of fused-ring (bicyclic) bond motifs is 1. The molecule has 6 rings (SSSR count). The van der Waals surface area contributed by atoms with Crippen LogP contribution in [0.3, 0.4) is 0 Å². The molecule has 2 aromatic heterocycles. The zero-order valence-corrected chi connectivity index (χ0v) is 24.1. The molecule has 0 aliphatic carbocycles. The van der Waals surface area contributed by atoms with Crippen LogP contribution in [0.2, 0.25) is 0 Å². The fraction of sp³-hybridized carbons (Fsp3) is 0.156. The lowest BCUT2D eigenvalue weighted by atomic mass is 9.98. The van der Waals surface area contributed by atoms with Gasteiger partial charge in [0, 0.05) is 5.56 Å². The van der Waals surface area contributed by atoms with Gasteiger partial charge >= 0.3 is 5.97 Å². The monoisotopic (exact) mass is 605 g/mol. The first-order valence-corrected chi connectivity index (χ1v) is 14.0. The first kappa shape index (κ1) is 29.1. The summed E-state index contributed by atoms with van der Waals surface area (Å²) in [6, 6.07) is 28.9. The highest BCUT2D eigenvalue weighted by Gasteiger charge is 2.21. The largest absolute Gasteiger partial charge is 0.465 e. The smallest absolute Gasteiger partial charge is 0.340 e. The van der Waals surface area contributed by atoms with Crippen molar-refractivity contribution < 1.29 is 24.1 Å². The molecule has 0 unspecified atom stereocenters. The summed E-state index contributed by atoms with van der Waals surface area (Å²) in [5.74, 6) is 0.0296. The number of ether oxygens (including phenoxy) is 2. The Balaban J connectivity index is 1.24. The van der Waals surface area contributed by atoms with Crippen molar-refractivity contribution >= 4 is 17.0 Å². The Morgan fingerprint density at radius 3 is 2.31 bits per heavy atom. The van der Waals surface area contributed by atoms with Crippen LogP contribution in [-0.2, 0) is 34.4 Å². The molecule has 13 heteroatoms. The Labute approximate surface area is 256 Å². The summed E-state index contributed by atoms with van der Waals surface area (Å²) in [6.07, 6.45) is 0. The van der Waals surface area contributed by atoms with Crippen molar-refractivity contribution in [3.63, 3.8) is 0 Å². The van der Waals surface area contributed by atoms with Crippen LogP contribution in [0.1, 0.15) is 34.0 Å². The number of hydrogen-bond acceptors (Lipinski definition) is 11. The van der Waals surface area contributed by atoms with E-state index in [0.29, 0.717) is 41.6 Å². The minimum absolute atomic E-state index is 0.0518. The summed E-state index contributed by atoms with van der Waals surface area (Å²) >= 11 is 0. The predicted octanol–water partition coefficient (Wildman–Crippen LogP) is 5.82. The topological polar surface area (TPSA) is 156 Å². The molecule has 0 amide bonds. The average molecular weight is 606 g/mol. The van der Waals surface area contributed by atoms with Gasteiger partial charge in [0.15, 0.2) is 5.34 Å². The molecular formula is C32H27N7O6. The van der Waals surface area contributed by atoms with E-state index >= 15 is 0 Å². The van der Waals surface area contributed by atoms with Crippen LogP contribution < -0.4 is 4.74 Å². The maximum absolute atomic E-state index is 13.4. The van der Waals surface area contributed by atoms with Gasteiger partial charge in [-0.3, -0.25) is 4.57 Å². The summed E-state index contributed by atoms with van der Waals surface area (Å²) in [7, 11) is 0. The number of nitrogens with one attached hydrogen (secondary N) is 1. The normalized spacial score (nSPS) is 11.0. The molecule has 2 heterocycles. The summed E-state index contributed by atoms with van der Waals surface area (Å²) in [5, 5.41) is 16.7. The number of aromatic amines is 1. The third kappa shape index (κ3) is 6.53. The first-order chi connectivity index (χ1) is 22.1. The fourth-order valence-corrected chi connectivity index (χ4v) is 4.97. The molecule has 1 N–H and O–H groups in total. The number of carbonyl (C=O) groups is 1. The number of benzene rings is 4. The second-order valence-corrected chi connectivity index (χ2v) is 9.87. The number of para-hydroxylation sites is 1. The van der Waals surface area contributed by atoms with Crippen molar-refractivity contribution in [2.45, 2.75) is 26.7 Å². The van der Waals surface area contributed by atoms with E-state index in [-0.39, 0.29) is 13.2 Å². The van der Waals surface area contributed by atoms with Gasteiger partial charge in [0.25, 0.3) is 6.01 Å². The van der Waals surface area contributed by atoms with Crippen molar-refractivity contribution in [1.82, 2.24) is 30.2 Å². The minimum Gasteiger partial charge on any atom is -0.465 e. The summed E-state index contributed by atoms with van der Waals surface area (Å²) in [6.45, 7) is 2.82. The van der Waals surface area contributed by atoms with Gasteiger partial charge < -0.3 is 9.47 Å². The lowest BCUT2D eigenvalue weighted by molar-refractivity contribution is -0.307. The van der Waals surface area contributed by atoms with Crippen molar-refractivity contribution in [3.8, 4) is 28.5 Å². The van der Waals surface area contributed by atoms with Crippen LogP contribution >= 0.6 is 0 Å². The third-order valence-corrected chi connectivity index (χ3v) is 7.05. The number of imidazole rings is 1. The number of esters is 1. The molecular weight excluding hydrogens is 578 g/mol. The molecule has 13 nitrogen and oxygen atoms in total. The Morgan fingerprint density at radius 2 is 1.60 bits per heavy atom. The molecule has 0 spiro atoms. The maximum Gasteiger partial charge on any atom is 0.340 e. The van der Waals surface area contributed by atoms with E-state index in [1.54, 1.807) is 36.4 Å². The Bertz CT molecular complexity index is 1910. The highest BCUT2D eigenvalue weighted by Crippen LogP contribution is 2.31. The SMILES string of the molecule is CCOc1nc2cccc(C(=O)OCc3ccc(COON=O)cc3)c2n1Cc1ccc(-c2ccccc2-c2nn[nH]n2)cc1. The number of nitrogens with zero attached hydrogens (tertiary/aromatic N) is 6. The predicted molar refractivity (Wildman–Crippen MR) is 162 cm³/mol. The Kier molecular flexibility index (Phi) is 8.78. The van der Waals surface area contributed by atoms with E-state index < -0.39 is 5.97 Å². The number of carbonyl (C=O) groups excluding carboxylic acids is 1. The molecule has 0 saturated heterocycles. The van der Waals surface area contributed by atoms with E-state index in [9.17, 15) is 9.70 Å². The molecule has 4 aromatic carbocycles. The highest BCUT2D eigenvalue weighted by atomic mass is 17.3. The maximum atomic E-state index is 13.4. The van der Waals surface area contributed by atoms with Crippen LogP contribution in [0.15, 0.2) is 96.3 Å². The van der Waals surface area contributed by atoms with Gasteiger partial charge in [0.05, 0.1) is 29.7 Å². The van der Waals surface area contributed by atoms with Crippen LogP contribution in [0.25, 0.3) is 33.5 Å². The zero-order chi connectivity index (χ0) is 31.0. The lowest BCUT2D eigenvalue weighted by Gasteiger charge is -2.13. The quantitative estimate of drug-likeness (QED) is 0.0560. The molecule has 0 aliphatic heterocycles. The van der Waals surface area contributed by atoms with Gasteiger partial charge in [-0.2, -0.15) is 20.1 Å². The van der Waals surface area contributed by atoms with Gasteiger partial charge in [-0.25, -0.2) is 4.79 Å². The van der Waals surface area contributed by atoms with E-state index in [2.05, 4.69) is 40.8 Å². The fourth-order valence-electron chi connectivity index (χ4n) is 4.97. The van der Waals surface area contributed by atoms with Gasteiger partial charge in [0.2, 0.25) is 5.82 Å². The zero-order valence-electron chi connectivity index (χ0n) is 24.1. The second-order valence-electron chi connectivity index (χ2n) is 9.87. The number of aromatic nitrogens is 6. The van der Waals surface area contributed by atoms with Crippen molar-refractivity contribution in [1.29, 1.82) is 0 Å². The highest BCUT2D eigenvalue weighted by molar-refractivity contribution is 6.02. The second kappa shape index (κ2) is 13.6. The van der Waals surface area contributed by atoms with Crippen LogP contribution in [0.4, 0.5) is 0 Å². The van der Waals surface area contributed by atoms with E-state index in [0.717, 1.165) is 33.4 Å². The molecule has 226 valence electrons. The lowest BCUT2D eigenvalue weighted by Crippen LogP contribution is -2.10. The van der Waals surface area contributed by atoms with Crippen molar-refractivity contribution in [3.05, 3.63) is 118 Å². The van der Waals surface area contributed by atoms with Gasteiger partial charge in [-0.05, 0) is 52.1 Å². The van der Waals surface area contributed by atoms with Crippen LogP contribution in [0.5, 0.6) is 6.01 Å². The van der Waals surface area contributed by atoms with E-state index in [1.165, 1.54) is 0 Å². The van der Waals surface area contributed by atoms with E-state index in [1.807, 2.05) is 66.1 Å². The Morgan fingerprint density at radius 1 is 0.867 bits per heavy atom. The summed E-state index contributed by atoms with van der Waals surface area (Å²) in [5.41, 5.74) is 6.98. The summed E-state index contributed by atoms with van der Waals surface area (Å²) < 4.78 is 13.5. The molecule has 0 atom stereocenters. The van der Waals surface area contributed by atoms with Crippen molar-refractivity contribution in [2.75, 3.05) is 6.61 Å². The third-order valence-electron chi connectivity index (χ3n) is 7.05. The van der Waals surface area contributed by atoms with Crippen LogP contribution in [-0.4, -0.2) is 42.8 Å². The van der Waals surface area contributed by atoms with Gasteiger partial charge in [-0.1, -0.05) is 78.9 Å². The molecule has 0 bridgehead atoms. The molecule has 0 saturated carbocycles.